The van der Waals surface area contributed by atoms with E-state index in [4.69, 9.17) is 9.47 Å². The summed E-state index contributed by atoms with van der Waals surface area (Å²) in [6.45, 7) is 4.52. The number of hydrogen-bond acceptors (Lipinski definition) is 9. The van der Waals surface area contributed by atoms with Gasteiger partial charge in [0.15, 0.2) is 0 Å². The Bertz CT molecular complexity index is 900. The SMILES string of the molecule is CS(=O)(=O)N1CCN(c2cnc(OCC3CCN(C4CCOCC4)C(C(=O)O)C3)cn2)CC1. The molecule has 0 aliphatic carbocycles. The van der Waals surface area contributed by atoms with E-state index in [0.29, 0.717) is 64.1 Å². The van der Waals surface area contributed by atoms with Crippen molar-refractivity contribution in [2.24, 2.45) is 5.92 Å². The predicted octanol–water partition coefficient (Wildman–Crippen LogP) is 0.281. The highest BCUT2D eigenvalue weighted by atomic mass is 32.2. The van der Waals surface area contributed by atoms with Crippen molar-refractivity contribution in [1.29, 1.82) is 0 Å². The quantitative estimate of drug-likeness (QED) is 0.578. The third-order valence-corrected chi connectivity index (χ3v) is 8.11. The van der Waals surface area contributed by atoms with Crippen LogP contribution in [-0.2, 0) is 19.6 Å². The summed E-state index contributed by atoms with van der Waals surface area (Å²) in [6, 6.07) is -0.214. The molecule has 0 bridgehead atoms. The molecule has 0 radical (unpaired) electrons. The van der Waals surface area contributed by atoms with Crippen molar-refractivity contribution in [3.8, 4) is 5.88 Å². The second kappa shape index (κ2) is 10.5. The number of ether oxygens (including phenoxy) is 2. The van der Waals surface area contributed by atoms with Crippen molar-refractivity contribution in [1.82, 2.24) is 19.2 Å². The largest absolute Gasteiger partial charge is 0.480 e. The first-order chi connectivity index (χ1) is 15.8. The van der Waals surface area contributed by atoms with E-state index in [-0.39, 0.29) is 12.0 Å². The molecule has 3 saturated heterocycles. The maximum absolute atomic E-state index is 11.9. The summed E-state index contributed by atoms with van der Waals surface area (Å²) in [7, 11) is -3.17. The van der Waals surface area contributed by atoms with Crippen molar-refractivity contribution in [3.05, 3.63) is 12.4 Å². The molecule has 3 fully saturated rings. The Labute approximate surface area is 194 Å². The lowest BCUT2D eigenvalue weighted by Crippen LogP contribution is -2.53. The number of aromatic nitrogens is 2. The summed E-state index contributed by atoms with van der Waals surface area (Å²) >= 11 is 0. The van der Waals surface area contributed by atoms with E-state index in [2.05, 4.69) is 14.9 Å². The molecule has 0 saturated carbocycles. The second-order valence-corrected chi connectivity index (χ2v) is 11.0. The molecule has 4 rings (SSSR count). The standard InChI is InChI=1S/C21H33N5O6S/c1-33(29,30)25-8-6-24(7-9-25)19-13-23-20(14-22-19)32-15-16-2-5-26(18(12-16)21(27)28)17-3-10-31-11-4-17/h13-14,16-18H,2-12,15H2,1H3,(H,27,28). The molecule has 0 amide bonds. The van der Waals surface area contributed by atoms with Gasteiger partial charge in [-0.3, -0.25) is 9.69 Å². The fourth-order valence-electron chi connectivity index (χ4n) is 4.90. The number of carboxylic acids is 1. The number of sulfonamides is 1. The number of carbonyl (C=O) groups is 1. The molecule has 2 unspecified atom stereocenters. The Kier molecular flexibility index (Phi) is 7.67. The zero-order valence-corrected chi connectivity index (χ0v) is 19.8. The van der Waals surface area contributed by atoms with Crippen LogP contribution in [0.4, 0.5) is 5.82 Å². The molecular weight excluding hydrogens is 450 g/mol. The van der Waals surface area contributed by atoms with Crippen LogP contribution < -0.4 is 9.64 Å². The molecule has 11 nitrogen and oxygen atoms in total. The van der Waals surface area contributed by atoms with Gasteiger partial charge in [-0.05, 0) is 38.1 Å². The van der Waals surface area contributed by atoms with E-state index >= 15 is 0 Å². The number of piperidine rings is 1. The molecule has 2 atom stereocenters. The maximum Gasteiger partial charge on any atom is 0.320 e. The van der Waals surface area contributed by atoms with Crippen molar-refractivity contribution in [2.45, 2.75) is 37.8 Å². The Balaban J connectivity index is 1.27. The van der Waals surface area contributed by atoms with Crippen LogP contribution >= 0.6 is 0 Å². The van der Waals surface area contributed by atoms with Gasteiger partial charge in [-0.15, -0.1) is 0 Å². The van der Waals surface area contributed by atoms with Gasteiger partial charge in [0, 0.05) is 45.4 Å². The first-order valence-corrected chi connectivity index (χ1v) is 13.4. The predicted molar refractivity (Wildman–Crippen MR) is 121 cm³/mol. The number of carboxylic acid groups (broad SMARTS) is 1. The fourth-order valence-corrected chi connectivity index (χ4v) is 5.73. The molecule has 3 aliphatic rings. The highest BCUT2D eigenvalue weighted by molar-refractivity contribution is 7.88. The Morgan fingerprint density at radius 3 is 2.45 bits per heavy atom. The number of anilines is 1. The van der Waals surface area contributed by atoms with E-state index in [1.54, 1.807) is 12.4 Å². The van der Waals surface area contributed by atoms with Crippen LogP contribution in [0, 0.1) is 5.92 Å². The minimum absolute atomic E-state index is 0.146. The number of nitrogens with zero attached hydrogens (tertiary/aromatic N) is 5. The summed E-state index contributed by atoms with van der Waals surface area (Å²) in [6.07, 6.45) is 7.65. The highest BCUT2D eigenvalue weighted by Crippen LogP contribution is 2.29. The molecule has 3 aliphatic heterocycles. The van der Waals surface area contributed by atoms with Gasteiger partial charge >= 0.3 is 5.97 Å². The fraction of sp³-hybridized carbons (Fsp3) is 0.762. The zero-order chi connectivity index (χ0) is 23.4. The summed E-state index contributed by atoms with van der Waals surface area (Å²) in [5.74, 6) is 0.470. The number of piperazine rings is 1. The van der Waals surface area contributed by atoms with Crippen molar-refractivity contribution >= 4 is 21.8 Å². The van der Waals surface area contributed by atoms with Crippen LogP contribution in [0.25, 0.3) is 0 Å². The topological polar surface area (TPSA) is 125 Å². The van der Waals surface area contributed by atoms with E-state index in [9.17, 15) is 18.3 Å². The van der Waals surface area contributed by atoms with Crippen LogP contribution in [0.2, 0.25) is 0 Å². The normalized spacial score (nSPS) is 26.3. The molecule has 184 valence electrons. The van der Waals surface area contributed by atoms with Crippen LogP contribution in [0.1, 0.15) is 25.7 Å². The molecular formula is C21H33N5O6S. The first-order valence-electron chi connectivity index (χ1n) is 11.5. The van der Waals surface area contributed by atoms with Crippen molar-refractivity contribution < 1.29 is 27.8 Å². The van der Waals surface area contributed by atoms with E-state index in [1.807, 2.05) is 4.90 Å². The first kappa shape index (κ1) is 24.1. The lowest BCUT2D eigenvalue weighted by molar-refractivity contribution is -0.148. The Hall–Kier alpha value is -2.02. The second-order valence-electron chi connectivity index (χ2n) is 9.00. The van der Waals surface area contributed by atoms with Gasteiger partial charge in [-0.1, -0.05) is 0 Å². The summed E-state index contributed by atoms with van der Waals surface area (Å²) in [5.41, 5.74) is 0. The van der Waals surface area contributed by atoms with Crippen LogP contribution in [0.3, 0.4) is 0 Å². The number of hydrogen-bond donors (Lipinski definition) is 1. The smallest absolute Gasteiger partial charge is 0.320 e. The van der Waals surface area contributed by atoms with Crippen molar-refractivity contribution in [2.75, 3.05) is 63.7 Å². The van der Waals surface area contributed by atoms with E-state index in [1.165, 1.54) is 10.6 Å². The zero-order valence-electron chi connectivity index (χ0n) is 19.0. The van der Waals surface area contributed by atoms with Gasteiger partial charge in [0.05, 0.1) is 25.3 Å². The monoisotopic (exact) mass is 483 g/mol. The van der Waals surface area contributed by atoms with Gasteiger partial charge in [-0.2, -0.15) is 4.31 Å². The molecule has 33 heavy (non-hydrogen) atoms. The average Bonchev–Trinajstić information content (AvgIpc) is 2.83. The summed E-state index contributed by atoms with van der Waals surface area (Å²) < 4.78 is 36.0. The average molecular weight is 484 g/mol. The molecule has 12 heteroatoms. The van der Waals surface area contributed by atoms with Crippen molar-refractivity contribution in [3.63, 3.8) is 0 Å². The summed E-state index contributed by atoms with van der Waals surface area (Å²) in [5, 5.41) is 9.78. The molecule has 0 spiro atoms. The molecule has 1 aromatic heterocycles. The summed E-state index contributed by atoms with van der Waals surface area (Å²) in [4.78, 5) is 24.8. The minimum atomic E-state index is -3.17. The lowest BCUT2D eigenvalue weighted by atomic mass is 9.89. The Morgan fingerprint density at radius 2 is 1.85 bits per heavy atom. The number of rotatable bonds is 7. The van der Waals surface area contributed by atoms with Crippen LogP contribution in [-0.4, -0.2) is 110 Å². The molecule has 1 N–H and O–H groups in total. The molecule has 1 aromatic rings. The third kappa shape index (κ3) is 6.11. The highest BCUT2D eigenvalue weighted by Gasteiger charge is 2.38. The van der Waals surface area contributed by atoms with Gasteiger partial charge in [0.2, 0.25) is 15.9 Å². The van der Waals surface area contributed by atoms with Crippen LogP contribution in [0.5, 0.6) is 5.88 Å². The maximum atomic E-state index is 11.9. The van der Waals surface area contributed by atoms with Gasteiger partial charge in [0.1, 0.15) is 11.9 Å². The third-order valence-electron chi connectivity index (χ3n) is 6.81. The Morgan fingerprint density at radius 1 is 1.12 bits per heavy atom. The molecule has 4 heterocycles. The minimum Gasteiger partial charge on any atom is -0.480 e. The van der Waals surface area contributed by atoms with Gasteiger partial charge in [-0.25, -0.2) is 18.4 Å². The van der Waals surface area contributed by atoms with E-state index in [0.717, 1.165) is 25.8 Å². The molecule has 0 aromatic carbocycles. The van der Waals surface area contributed by atoms with Gasteiger partial charge in [0.25, 0.3) is 0 Å². The van der Waals surface area contributed by atoms with Gasteiger partial charge < -0.3 is 19.5 Å². The lowest BCUT2D eigenvalue weighted by Gasteiger charge is -2.43. The number of likely N-dealkylation sites (tertiary alicyclic amines) is 1. The van der Waals surface area contributed by atoms with Crippen LogP contribution in [0.15, 0.2) is 12.4 Å². The number of aliphatic carboxylic acids is 1. The van der Waals surface area contributed by atoms with E-state index < -0.39 is 22.0 Å².